The van der Waals surface area contributed by atoms with Gasteiger partial charge in [-0.05, 0) is 50.8 Å². The maximum Gasteiger partial charge on any atom is 0.316 e. The number of ether oxygens (including phenoxy) is 3. The van der Waals surface area contributed by atoms with Gasteiger partial charge in [0.15, 0.2) is 6.29 Å². The zero-order valence-corrected chi connectivity index (χ0v) is 22.7. The summed E-state index contributed by atoms with van der Waals surface area (Å²) in [5, 5.41) is 3.50. The standard InChI is InChI=1S/C28H34BrN3O4/c1-20-24(17-33)21(2)32-26(31-20)35-19-28(36-15-8-11-23-18-34-16-14-30-23)13-7-12-25(27(28,3)29)22-9-5-4-6-10-22/h4-7,9-10,12-13,17,23,30H,8,11,14-16,18-19H2,1-3H3. The molecule has 0 saturated carbocycles. The van der Waals surface area contributed by atoms with E-state index in [9.17, 15) is 4.79 Å². The molecule has 2 heterocycles. The minimum absolute atomic E-state index is 0.194. The highest BCUT2D eigenvalue weighted by atomic mass is 79.9. The molecule has 3 atom stereocenters. The maximum atomic E-state index is 11.4. The zero-order chi connectivity index (χ0) is 25.6. The second-order valence-corrected chi connectivity index (χ2v) is 11.0. The van der Waals surface area contributed by atoms with Gasteiger partial charge in [-0.1, -0.05) is 58.4 Å². The van der Waals surface area contributed by atoms with E-state index in [1.165, 1.54) is 0 Å². The Kier molecular flexibility index (Phi) is 8.72. The van der Waals surface area contributed by atoms with Crippen LogP contribution in [-0.4, -0.2) is 65.2 Å². The third kappa shape index (κ3) is 5.78. The molecule has 1 saturated heterocycles. The van der Waals surface area contributed by atoms with Crippen LogP contribution in [0.2, 0.25) is 0 Å². The van der Waals surface area contributed by atoms with E-state index >= 15 is 0 Å². The summed E-state index contributed by atoms with van der Waals surface area (Å²) in [6.45, 7) is 8.82. The molecule has 2 aromatic rings. The Bertz CT molecular complexity index is 1090. The van der Waals surface area contributed by atoms with Crippen molar-refractivity contribution >= 4 is 27.8 Å². The summed E-state index contributed by atoms with van der Waals surface area (Å²) in [4.78, 5) is 20.2. The predicted molar refractivity (Wildman–Crippen MR) is 144 cm³/mol. The van der Waals surface area contributed by atoms with E-state index in [0.29, 0.717) is 29.6 Å². The number of halogens is 1. The van der Waals surface area contributed by atoms with E-state index in [0.717, 1.165) is 50.0 Å². The summed E-state index contributed by atoms with van der Waals surface area (Å²) >= 11 is 4.03. The predicted octanol–water partition coefficient (Wildman–Crippen LogP) is 4.62. The molecule has 1 aliphatic heterocycles. The first kappa shape index (κ1) is 26.7. The van der Waals surface area contributed by atoms with Gasteiger partial charge in [-0.25, -0.2) is 0 Å². The highest BCUT2D eigenvalue weighted by Crippen LogP contribution is 2.48. The van der Waals surface area contributed by atoms with Crippen molar-refractivity contribution in [1.82, 2.24) is 15.3 Å². The number of morpholine rings is 1. The summed E-state index contributed by atoms with van der Waals surface area (Å²) < 4.78 is 17.8. The first-order valence-corrected chi connectivity index (χ1v) is 13.2. The minimum atomic E-state index is -0.822. The van der Waals surface area contributed by atoms with E-state index in [2.05, 4.69) is 62.4 Å². The number of hydrogen-bond donors (Lipinski definition) is 1. The third-order valence-electron chi connectivity index (χ3n) is 6.91. The molecule has 1 aromatic carbocycles. The lowest BCUT2D eigenvalue weighted by molar-refractivity contribution is -0.0529. The third-order valence-corrected chi connectivity index (χ3v) is 8.01. The number of alkyl halides is 1. The van der Waals surface area contributed by atoms with Gasteiger partial charge in [0.2, 0.25) is 0 Å². The number of nitrogens with one attached hydrogen (secondary N) is 1. The van der Waals surface area contributed by atoms with Crippen LogP contribution in [-0.2, 0) is 9.47 Å². The normalized spacial score (nSPS) is 25.9. The number of carbonyl (C=O) groups is 1. The van der Waals surface area contributed by atoms with Gasteiger partial charge in [-0.3, -0.25) is 4.79 Å². The average Bonchev–Trinajstić information content (AvgIpc) is 2.87. The van der Waals surface area contributed by atoms with Crippen molar-refractivity contribution < 1.29 is 19.0 Å². The number of carbonyl (C=O) groups excluding carboxylic acids is 1. The van der Waals surface area contributed by atoms with Gasteiger partial charge >= 0.3 is 6.01 Å². The van der Waals surface area contributed by atoms with Crippen molar-refractivity contribution in [2.24, 2.45) is 0 Å². The van der Waals surface area contributed by atoms with Crippen LogP contribution in [0.3, 0.4) is 0 Å². The summed E-state index contributed by atoms with van der Waals surface area (Å²) in [7, 11) is 0. The Morgan fingerprint density at radius 2 is 1.97 bits per heavy atom. The largest absolute Gasteiger partial charge is 0.460 e. The van der Waals surface area contributed by atoms with Gasteiger partial charge in [-0.2, -0.15) is 9.97 Å². The SMILES string of the molecule is Cc1nc(OCC2(OCCCC3COCCN3)C=CC=C(c3ccccc3)C2(C)Br)nc(C)c1C=O. The fraction of sp³-hybridized carbons (Fsp3) is 0.464. The summed E-state index contributed by atoms with van der Waals surface area (Å²) in [6, 6.07) is 10.8. The monoisotopic (exact) mass is 555 g/mol. The van der Waals surface area contributed by atoms with Crippen LogP contribution in [0.15, 0.2) is 48.6 Å². The van der Waals surface area contributed by atoms with Gasteiger partial charge in [0.1, 0.15) is 12.2 Å². The van der Waals surface area contributed by atoms with Crippen LogP contribution in [0.5, 0.6) is 6.01 Å². The topological polar surface area (TPSA) is 82.6 Å². The number of rotatable bonds is 10. The van der Waals surface area contributed by atoms with Crippen LogP contribution in [0, 0.1) is 13.8 Å². The van der Waals surface area contributed by atoms with Gasteiger partial charge < -0.3 is 19.5 Å². The van der Waals surface area contributed by atoms with Crippen molar-refractivity contribution in [3.05, 3.63) is 71.1 Å². The Hall–Kier alpha value is -2.39. The average molecular weight is 557 g/mol. The van der Waals surface area contributed by atoms with Crippen molar-refractivity contribution in [3.8, 4) is 6.01 Å². The first-order valence-electron chi connectivity index (χ1n) is 12.4. The number of aldehydes is 1. The quantitative estimate of drug-likeness (QED) is 0.260. The Morgan fingerprint density at radius 3 is 2.64 bits per heavy atom. The van der Waals surface area contributed by atoms with Crippen LogP contribution in [0.1, 0.15) is 47.1 Å². The van der Waals surface area contributed by atoms with Crippen LogP contribution in [0.25, 0.3) is 5.57 Å². The van der Waals surface area contributed by atoms with Gasteiger partial charge in [0.05, 0.1) is 34.5 Å². The summed E-state index contributed by atoms with van der Waals surface area (Å²) in [6.07, 6.45) is 8.82. The number of allylic oxidation sites excluding steroid dienone is 2. The van der Waals surface area contributed by atoms with E-state index in [1.807, 2.05) is 24.3 Å². The fourth-order valence-electron chi connectivity index (χ4n) is 4.72. The van der Waals surface area contributed by atoms with Gasteiger partial charge in [0, 0.05) is 19.2 Å². The molecular formula is C28H34BrN3O4. The molecule has 4 rings (SSSR count). The molecule has 0 bridgehead atoms. The smallest absolute Gasteiger partial charge is 0.316 e. The molecule has 36 heavy (non-hydrogen) atoms. The molecule has 7 nitrogen and oxygen atoms in total. The number of aromatic nitrogens is 2. The number of benzene rings is 1. The van der Waals surface area contributed by atoms with Crippen molar-refractivity contribution in [1.29, 1.82) is 0 Å². The second kappa shape index (κ2) is 11.8. The molecule has 2 aliphatic rings. The van der Waals surface area contributed by atoms with Crippen LogP contribution in [0.4, 0.5) is 0 Å². The number of hydrogen-bond acceptors (Lipinski definition) is 7. The summed E-state index contributed by atoms with van der Waals surface area (Å²) in [5.41, 5.74) is 3.06. The highest BCUT2D eigenvalue weighted by molar-refractivity contribution is 9.10. The molecular weight excluding hydrogens is 522 g/mol. The fourth-order valence-corrected chi connectivity index (χ4v) is 5.45. The molecule has 1 fully saturated rings. The van der Waals surface area contributed by atoms with E-state index in [1.54, 1.807) is 13.8 Å². The van der Waals surface area contributed by atoms with E-state index in [4.69, 9.17) is 14.2 Å². The van der Waals surface area contributed by atoms with Crippen LogP contribution >= 0.6 is 15.9 Å². The lowest BCUT2D eigenvalue weighted by atomic mass is 9.77. The van der Waals surface area contributed by atoms with Crippen molar-refractivity contribution in [3.63, 3.8) is 0 Å². The molecule has 0 amide bonds. The first-order chi connectivity index (χ1) is 17.4. The van der Waals surface area contributed by atoms with Crippen molar-refractivity contribution in [2.45, 2.75) is 49.6 Å². The van der Waals surface area contributed by atoms with Crippen LogP contribution < -0.4 is 10.1 Å². The van der Waals surface area contributed by atoms with Crippen molar-refractivity contribution in [2.75, 3.05) is 33.0 Å². The van der Waals surface area contributed by atoms with E-state index < -0.39 is 9.93 Å². The Labute approximate surface area is 221 Å². The second-order valence-electron chi connectivity index (χ2n) is 9.41. The molecule has 1 aliphatic carbocycles. The molecule has 8 heteroatoms. The van der Waals surface area contributed by atoms with Gasteiger partial charge in [-0.15, -0.1) is 0 Å². The lowest BCUT2D eigenvalue weighted by Gasteiger charge is -2.45. The number of nitrogens with zero attached hydrogens (tertiary/aromatic N) is 2. The van der Waals surface area contributed by atoms with Gasteiger partial charge in [0.25, 0.3) is 0 Å². The molecule has 0 spiro atoms. The zero-order valence-electron chi connectivity index (χ0n) is 21.1. The molecule has 192 valence electrons. The number of aryl methyl sites for hydroxylation is 2. The molecule has 1 N–H and O–H groups in total. The Balaban J connectivity index is 1.56. The molecule has 3 unspecified atom stereocenters. The van der Waals surface area contributed by atoms with E-state index in [-0.39, 0.29) is 12.6 Å². The minimum Gasteiger partial charge on any atom is -0.460 e. The summed E-state index contributed by atoms with van der Waals surface area (Å²) in [5.74, 6) is 0. The lowest BCUT2D eigenvalue weighted by Crippen LogP contribution is -2.55. The Morgan fingerprint density at radius 1 is 1.22 bits per heavy atom. The molecule has 0 radical (unpaired) electrons. The maximum absolute atomic E-state index is 11.4. The highest BCUT2D eigenvalue weighted by Gasteiger charge is 2.51. The molecule has 1 aromatic heterocycles.